The van der Waals surface area contributed by atoms with E-state index >= 15 is 0 Å². The second-order valence-corrected chi connectivity index (χ2v) is 7.50. The number of methoxy groups -OCH3 is 1. The third-order valence-corrected chi connectivity index (χ3v) is 5.16. The molecule has 3 aromatic carbocycles. The van der Waals surface area contributed by atoms with Crippen molar-refractivity contribution in [3.05, 3.63) is 112 Å². The Morgan fingerprint density at radius 3 is 1.77 bits per heavy atom. The van der Waals surface area contributed by atoms with E-state index in [1.54, 1.807) is 19.5 Å². The molecule has 0 spiro atoms. The molecule has 148 valence electrons. The van der Waals surface area contributed by atoms with E-state index in [1.807, 2.05) is 78.9 Å². The lowest BCUT2D eigenvalue weighted by molar-refractivity contribution is 0.415. The summed E-state index contributed by atoms with van der Waals surface area (Å²) in [6, 6.07) is 23.2. The maximum atomic E-state index is 6.07. The van der Waals surface area contributed by atoms with Gasteiger partial charge < -0.3 is 4.74 Å². The summed E-state index contributed by atoms with van der Waals surface area (Å²) in [5, 5.41) is 1.38. The van der Waals surface area contributed by atoms with E-state index in [1.165, 1.54) is 0 Å². The summed E-state index contributed by atoms with van der Waals surface area (Å²) < 4.78 is 5.21. The van der Waals surface area contributed by atoms with Crippen LogP contribution in [0.1, 0.15) is 16.8 Å². The van der Waals surface area contributed by atoms with Gasteiger partial charge in [0, 0.05) is 15.6 Å². The molecule has 0 atom stereocenters. The van der Waals surface area contributed by atoms with Crippen molar-refractivity contribution in [2.45, 2.75) is 0 Å². The van der Waals surface area contributed by atoms with Gasteiger partial charge in [-0.05, 0) is 71.3 Å². The molecule has 4 aromatic rings. The van der Waals surface area contributed by atoms with E-state index in [4.69, 9.17) is 27.9 Å². The first-order valence-corrected chi connectivity index (χ1v) is 10.1. The van der Waals surface area contributed by atoms with Crippen molar-refractivity contribution in [1.82, 2.24) is 9.97 Å². The van der Waals surface area contributed by atoms with Gasteiger partial charge in [-0.3, -0.25) is 9.97 Å². The fraction of sp³-hybridized carbons (Fsp3) is 0.0400. The fourth-order valence-corrected chi connectivity index (χ4v) is 3.32. The van der Waals surface area contributed by atoms with E-state index < -0.39 is 0 Å². The molecule has 0 N–H and O–H groups in total. The molecule has 0 saturated carbocycles. The molecule has 0 saturated heterocycles. The van der Waals surface area contributed by atoms with Gasteiger partial charge in [0.2, 0.25) is 0 Å². The van der Waals surface area contributed by atoms with Crippen LogP contribution >= 0.6 is 23.2 Å². The van der Waals surface area contributed by atoms with Crippen LogP contribution in [0.3, 0.4) is 0 Å². The number of ether oxygens (including phenoxy) is 1. The number of benzene rings is 3. The average molecular weight is 433 g/mol. The van der Waals surface area contributed by atoms with Gasteiger partial charge in [0.05, 0.1) is 30.9 Å². The Balaban J connectivity index is 1.70. The van der Waals surface area contributed by atoms with E-state index in [0.29, 0.717) is 10.0 Å². The minimum atomic E-state index is 0.692. The second-order valence-electron chi connectivity index (χ2n) is 6.63. The van der Waals surface area contributed by atoms with Crippen LogP contribution in [0.2, 0.25) is 10.0 Å². The first-order valence-electron chi connectivity index (χ1n) is 9.32. The molecule has 0 fully saturated rings. The normalized spacial score (nSPS) is 10.5. The average Bonchev–Trinajstić information content (AvgIpc) is 2.79. The maximum absolute atomic E-state index is 6.07. The van der Waals surface area contributed by atoms with Crippen LogP contribution < -0.4 is 4.74 Å². The number of aromatic nitrogens is 2. The molecule has 5 heteroatoms. The van der Waals surface area contributed by atoms with Crippen LogP contribution in [0.5, 0.6) is 5.75 Å². The molecule has 30 heavy (non-hydrogen) atoms. The van der Waals surface area contributed by atoms with Gasteiger partial charge in [0.1, 0.15) is 5.75 Å². The summed E-state index contributed by atoms with van der Waals surface area (Å²) in [6.45, 7) is 0. The molecule has 0 amide bonds. The zero-order chi connectivity index (χ0) is 20.9. The summed E-state index contributed by atoms with van der Waals surface area (Å²) >= 11 is 12.1. The monoisotopic (exact) mass is 432 g/mol. The van der Waals surface area contributed by atoms with Crippen molar-refractivity contribution in [2.24, 2.45) is 0 Å². The van der Waals surface area contributed by atoms with Gasteiger partial charge in [-0.2, -0.15) is 0 Å². The number of halogens is 2. The molecule has 0 aliphatic rings. The van der Waals surface area contributed by atoms with E-state index in [2.05, 4.69) is 9.97 Å². The van der Waals surface area contributed by atoms with Crippen molar-refractivity contribution in [1.29, 1.82) is 0 Å². The van der Waals surface area contributed by atoms with Crippen LogP contribution in [-0.2, 0) is 0 Å². The number of hydrogen-bond donors (Lipinski definition) is 0. The Labute approximate surface area is 185 Å². The lowest BCUT2D eigenvalue weighted by Crippen LogP contribution is -1.92. The minimum absolute atomic E-state index is 0.692. The van der Waals surface area contributed by atoms with E-state index in [9.17, 15) is 0 Å². The van der Waals surface area contributed by atoms with Crippen molar-refractivity contribution in [3.8, 4) is 17.0 Å². The summed E-state index contributed by atoms with van der Waals surface area (Å²) in [5.41, 5.74) is 5.61. The highest BCUT2D eigenvalue weighted by atomic mass is 35.5. The number of rotatable bonds is 5. The van der Waals surface area contributed by atoms with Crippen LogP contribution in [0.25, 0.3) is 22.9 Å². The molecule has 0 bridgehead atoms. The Morgan fingerprint density at radius 1 is 0.733 bits per heavy atom. The highest BCUT2D eigenvalue weighted by molar-refractivity contribution is 6.31. The van der Waals surface area contributed by atoms with Gasteiger partial charge in [-0.15, -0.1) is 0 Å². The van der Waals surface area contributed by atoms with Crippen molar-refractivity contribution >= 4 is 34.9 Å². The van der Waals surface area contributed by atoms with Crippen molar-refractivity contribution < 1.29 is 4.74 Å². The summed E-state index contributed by atoms with van der Waals surface area (Å²) in [4.78, 5) is 9.18. The Morgan fingerprint density at radius 2 is 1.30 bits per heavy atom. The van der Waals surface area contributed by atoms with E-state index in [-0.39, 0.29) is 0 Å². The van der Waals surface area contributed by atoms with Gasteiger partial charge >= 0.3 is 0 Å². The summed E-state index contributed by atoms with van der Waals surface area (Å²) in [6.07, 6.45) is 5.55. The topological polar surface area (TPSA) is 35.0 Å². The quantitative estimate of drug-likeness (QED) is 0.338. The maximum Gasteiger partial charge on any atom is 0.118 e. The predicted molar refractivity (Wildman–Crippen MR) is 124 cm³/mol. The molecule has 0 aliphatic carbocycles. The first-order chi connectivity index (χ1) is 14.6. The lowest BCUT2D eigenvalue weighted by Gasteiger charge is -2.10. The van der Waals surface area contributed by atoms with Crippen LogP contribution in [0.15, 0.2) is 85.2 Å². The fourth-order valence-electron chi connectivity index (χ4n) is 3.06. The van der Waals surface area contributed by atoms with Crippen LogP contribution in [0.4, 0.5) is 0 Å². The van der Waals surface area contributed by atoms with Gasteiger partial charge in [0.25, 0.3) is 0 Å². The van der Waals surface area contributed by atoms with Gasteiger partial charge in [0.15, 0.2) is 0 Å². The zero-order valence-electron chi connectivity index (χ0n) is 16.2. The van der Waals surface area contributed by atoms with Crippen LogP contribution in [-0.4, -0.2) is 17.1 Å². The standard InChI is InChI=1S/C25H18Cl2N2O/c1-30-23-12-6-19(7-13-23)25-16-28-22(15-29-25)14-24(17-2-8-20(26)9-3-17)18-4-10-21(27)11-5-18/h2-16H,1H3. The SMILES string of the molecule is COc1ccc(-c2cnc(C=C(c3ccc(Cl)cc3)c3ccc(Cl)cc3)cn2)cc1. The Hall–Kier alpha value is -3.14. The van der Waals surface area contributed by atoms with Crippen molar-refractivity contribution in [3.63, 3.8) is 0 Å². The van der Waals surface area contributed by atoms with Crippen molar-refractivity contribution in [2.75, 3.05) is 7.11 Å². The van der Waals surface area contributed by atoms with Crippen LogP contribution in [0, 0.1) is 0 Å². The second kappa shape index (κ2) is 9.12. The highest BCUT2D eigenvalue weighted by Crippen LogP contribution is 2.28. The van der Waals surface area contributed by atoms with E-state index in [0.717, 1.165) is 39.4 Å². The molecule has 0 unspecified atom stereocenters. The molecular formula is C25H18Cl2N2O. The zero-order valence-corrected chi connectivity index (χ0v) is 17.7. The molecular weight excluding hydrogens is 415 g/mol. The molecule has 0 radical (unpaired) electrons. The Bertz CT molecular complexity index is 1100. The molecule has 0 aliphatic heterocycles. The number of hydrogen-bond acceptors (Lipinski definition) is 3. The third kappa shape index (κ3) is 4.70. The third-order valence-electron chi connectivity index (χ3n) is 4.66. The number of nitrogens with zero attached hydrogens (tertiary/aromatic N) is 2. The minimum Gasteiger partial charge on any atom is -0.497 e. The molecule has 1 aromatic heterocycles. The molecule has 4 rings (SSSR count). The largest absolute Gasteiger partial charge is 0.497 e. The summed E-state index contributed by atoms with van der Waals surface area (Å²) in [7, 11) is 1.65. The van der Waals surface area contributed by atoms with Gasteiger partial charge in [-0.1, -0.05) is 47.5 Å². The smallest absolute Gasteiger partial charge is 0.118 e. The molecule has 1 heterocycles. The van der Waals surface area contributed by atoms with Gasteiger partial charge in [-0.25, -0.2) is 0 Å². The lowest BCUT2D eigenvalue weighted by atomic mass is 9.97. The predicted octanol–water partition coefficient (Wildman–Crippen LogP) is 7.05. The summed E-state index contributed by atoms with van der Waals surface area (Å²) in [5.74, 6) is 0.807. The molecule has 3 nitrogen and oxygen atoms in total. The first kappa shape index (κ1) is 20.1. The Kier molecular flexibility index (Phi) is 6.12. The highest BCUT2D eigenvalue weighted by Gasteiger charge is 2.08.